The Morgan fingerprint density at radius 1 is 1.14 bits per heavy atom. The van der Waals surface area contributed by atoms with Crippen molar-refractivity contribution in [1.82, 2.24) is 10.2 Å². The standard InChI is InChI=1S/C22H26BrN3O2/c1-16-8-3-4-9-17(16)14-24-20(27)22(2)12-7-13-26(15-22)21(28)25-19-11-6-5-10-18(19)23/h3-6,8-11H,7,12-15H2,1-2H3,(H,24,27)(H,25,28)/t22-/m1/s1. The quantitative estimate of drug-likeness (QED) is 0.718. The van der Waals surface area contributed by atoms with Crippen molar-refractivity contribution in [3.63, 3.8) is 0 Å². The molecule has 3 amide bonds. The van der Waals surface area contributed by atoms with E-state index in [1.54, 1.807) is 4.90 Å². The van der Waals surface area contributed by atoms with Gasteiger partial charge >= 0.3 is 6.03 Å². The number of halogens is 1. The second kappa shape index (κ2) is 8.78. The summed E-state index contributed by atoms with van der Waals surface area (Å²) in [5, 5.41) is 5.99. The van der Waals surface area contributed by atoms with Gasteiger partial charge in [-0.25, -0.2) is 4.79 Å². The number of likely N-dealkylation sites (tertiary alicyclic amines) is 1. The summed E-state index contributed by atoms with van der Waals surface area (Å²) in [4.78, 5) is 27.4. The Labute approximate surface area is 174 Å². The first-order valence-electron chi connectivity index (χ1n) is 9.52. The molecule has 5 nitrogen and oxygen atoms in total. The van der Waals surface area contributed by atoms with E-state index in [0.717, 1.165) is 34.1 Å². The third kappa shape index (κ3) is 4.73. The summed E-state index contributed by atoms with van der Waals surface area (Å²) < 4.78 is 0.832. The van der Waals surface area contributed by atoms with Gasteiger partial charge in [0.2, 0.25) is 5.91 Å². The van der Waals surface area contributed by atoms with E-state index in [0.29, 0.717) is 19.6 Å². The summed E-state index contributed by atoms with van der Waals surface area (Å²) in [7, 11) is 0. The Hall–Kier alpha value is -2.34. The highest BCUT2D eigenvalue weighted by molar-refractivity contribution is 9.10. The lowest BCUT2D eigenvalue weighted by Crippen LogP contribution is -2.52. The van der Waals surface area contributed by atoms with Gasteiger partial charge in [0.25, 0.3) is 0 Å². The Morgan fingerprint density at radius 2 is 1.86 bits per heavy atom. The van der Waals surface area contributed by atoms with E-state index < -0.39 is 5.41 Å². The summed E-state index contributed by atoms with van der Waals surface area (Å²) in [5.74, 6) is -0.00542. The number of urea groups is 1. The van der Waals surface area contributed by atoms with E-state index in [1.807, 2.05) is 62.4 Å². The first-order chi connectivity index (χ1) is 13.4. The van der Waals surface area contributed by atoms with Gasteiger partial charge < -0.3 is 15.5 Å². The summed E-state index contributed by atoms with van der Waals surface area (Å²) in [6.45, 7) is 5.54. The summed E-state index contributed by atoms with van der Waals surface area (Å²) in [6.07, 6.45) is 1.57. The molecule has 1 atom stereocenters. The molecule has 28 heavy (non-hydrogen) atoms. The zero-order chi connectivity index (χ0) is 20.1. The normalized spacial score (nSPS) is 19.2. The molecule has 1 aliphatic heterocycles. The van der Waals surface area contributed by atoms with Gasteiger partial charge in [-0.15, -0.1) is 0 Å². The molecule has 0 aliphatic carbocycles. The Balaban J connectivity index is 1.62. The van der Waals surface area contributed by atoms with Crippen molar-refractivity contribution >= 4 is 33.6 Å². The molecule has 0 bridgehead atoms. The number of hydrogen-bond acceptors (Lipinski definition) is 2. The maximum absolute atomic E-state index is 12.9. The van der Waals surface area contributed by atoms with Crippen molar-refractivity contribution in [2.24, 2.45) is 5.41 Å². The molecule has 1 aliphatic rings. The van der Waals surface area contributed by atoms with Gasteiger partial charge in [0, 0.05) is 24.1 Å². The van der Waals surface area contributed by atoms with Crippen LogP contribution < -0.4 is 10.6 Å². The number of para-hydroxylation sites is 1. The Bertz CT molecular complexity index is 870. The molecule has 1 heterocycles. The largest absolute Gasteiger partial charge is 0.351 e. The summed E-state index contributed by atoms with van der Waals surface area (Å²) in [6, 6.07) is 15.4. The number of aryl methyl sites for hydroxylation is 1. The molecule has 6 heteroatoms. The van der Waals surface area contributed by atoms with Gasteiger partial charge in [-0.2, -0.15) is 0 Å². The van der Waals surface area contributed by atoms with Crippen LogP contribution in [0.1, 0.15) is 30.9 Å². The number of amides is 3. The van der Waals surface area contributed by atoms with Crippen LogP contribution in [0, 0.1) is 12.3 Å². The molecule has 0 unspecified atom stereocenters. The van der Waals surface area contributed by atoms with E-state index in [-0.39, 0.29) is 11.9 Å². The number of anilines is 1. The lowest BCUT2D eigenvalue weighted by molar-refractivity contribution is -0.132. The van der Waals surface area contributed by atoms with Crippen molar-refractivity contribution in [3.8, 4) is 0 Å². The van der Waals surface area contributed by atoms with Crippen molar-refractivity contribution in [3.05, 3.63) is 64.1 Å². The minimum absolute atomic E-state index is 0.00542. The number of carbonyl (C=O) groups excluding carboxylic acids is 2. The first-order valence-corrected chi connectivity index (χ1v) is 10.3. The van der Waals surface area contributed by atoms with Gasteiger partial charge in [-0.05, 0) is 65.9 Å². The molecule has 2 N–H and O–H groups in total. The van der Waals surface area contributed by atoms with E-state index >= 15 is 0 Å². The fourth-order valence-electron chi connectivity index (χ4n) is 3.55. The number of carbonyl (C=O) groups is 2. The molecule has 0 aromatic heterocycles. The molecular formula is C22H26BrN3O2. The summed E-state index contributed by atoms with van der Waals surface area (Å²) in [5.41, 5.74) is 2.40. The van der Waals surface area contributed by atoms with Crippen LogP contribution in [0.2, 0.25) is 0 Å². The molecular weight excluding hydrogens is 418 g/mol. The highest BCUT2D eigenvalue weighted by atomic mass is 79.9. The number of piperidine rings is 1. The molecule has 148 valence electrons. The van der Waals surface area contributed by atoms with Gasteiger partial charge in [0.05, 0.1) is 11.1 Å². The monoisotopic (exact) mass is 443 g/mol. The molecule has 3 rings (SSSR count). The average molecular weight is 444 g/mol. The van der Waals surface area contributed by atoms with E-state index in [4.69, 9.17) is 0 Å². The molecule has 1 saturated heterocycles. The maximum Gasteiger partial charge on any atom is 0.321 e. The first kappa shape index (κ1) is 20.4. The smallest absolute Gasteiger partial charge is 0.321 e. The fraction of sp³-hybridized carbons (Fsp3) is 0.364. The molecule has 2 aromatic carbocycles. The number of nitrogens with zero attached hydrogens (tertiary/aromatic N) is 1. The molecule has 2 aromatic rings. The van der Waals surface area contributed by atoms with Crippen LogP contribution in [0.3, 0.4) is 0 Å². The van der Waals surface area contributed by atoms with Crippen LogP contribution in [0.5, 0.6) is 0 Å². The third-order valence-electron chi connectivity index (χ3n) is 5.35. The number of nitrogens with one attached hydrogen (secondary N) is 2. The van der Waals surface area contributed by atoms with Crippen LogP contribution in [0.4, 0.5) is 10.5 Å². The Morgan fingerprint density at radius 3 is 2.61 bits per heavy atom. The number of benzene rings is 2. The van der Waals surface area contributed by atoms with E-state index in [2.05, 4.69) is 26.6 Å². The highest BCUT2D eigenvalue weighted by Crippen LogP contribution is 2.31. The minimum Gasteiger partial charge on any atom is -0.351 e. The molecule has 0 saturated carbocycles. The van der Waals surface area contributed by atoms with Crippen LogP contribution >= 0.6 is 15.9 Å². The third-order valence-corrected chi connectivity index (χ3v) is 6.04. The van der Waals surface area contributed by atoms with Crippen LogP contribution in [0.25, 0.3) is 0 Å². The zero-order valence-corrected chi connectivity index (χ0v) is 17.9. The highest BCUT2D eigenvalue weighted by Gasteiger charge is 2.39. The van der Waals surface area contributed by atoms with Crippen LogP contribution in [-0.4, -0.2) is 29.9 Å². The zero-order valence-electron chi connectivity index (χ0n) is 16.3. The van der Waals surface area contributed by atoms with Gasteiger partial charge in [0.15, 0.2) is 0 Å². The van der Waals surface area contributed by atoms with E-state index in [1.165, 1.54) is 0 Å². The SMILES string of the molecule is Cc1ccccc1CNC(=O)[C@]1(C)CCCN(C(=O)Nc2ccccc2Br)C1. The van der Waals surface area contributed by atoms with Crippen molar-refractivity contribution in [2.75, 3.05) is 18.4 Å². The summed E-state index contributed by atoms with van der Waals surface area (Å²) >= 11 is 3.45. The predicted molar refractivity (Wildman–Crippen MR) is 115 cm³/mol. The minimum atomic E-state index is -0.591. The van der Waals surface area contributed by atoms with Gasteiger partial charge in [-0.3, -0.25) is 4.79 Å². The Kier molecular flexibility index (Phi) is 6.39. The predicted octanol–water partition coefficient (Wildman–Crippen LogP) is 4.71. The van der Waals surface area contributed by atoms with Crippen molar-refractivity contribution in [1.29, 1.82) is 0 Å². The topological polar surface area (TPSA) is 61.4 Å². The lowest BCUT2D eigenvalue weighted by Gasteiger charge is -2.39. The van der Waals surface area contributed by atoms with Crippen LogP contribution in [-0.2, 0) is 11.3 Å². The van der Waals surface area contributed by atoms with E-state index in [9.17, 15) is 9.59 Å². The van der Waals surface area contributed by atoms with Gasteiger partial charge in [-0.1, -0.05) is 36.4 Å². The fourth-order valence-corrected chi connectivity index (χ4v) is 3.94. The van der Waals surface area contributed by atoms with Crippen molar-refractivity contribution < 1.29 is 9.59 Å². The maximum atomic E-state index is 12.9. The average Bonchev–Trinajstić information content (AvgIpc) is 2.69. The van der Waals surface area contributed by atoms with Crippen LogP contribution in [0.15, 0.2) is 53.0 Å². The van der Waals surface area contributed by atoms with Gasteiger partial charge in [0.1, 0.15) is 0 Å². The molecule has 0 radical (unpaired) electrons. The number of hydrogen-bond donors (Lipinski definition) is 2. The molecule has 1 fully saturated rings. The lowest BCUT2D eigenvalue weighted by atomic mass is 9.81. The van der Waals surface area contributed by atoms with Crippen molar-refractivity contribution in [2.45, 2.75) is 33.2 Å². The molecule has 0 spiro atoms. The second-order valence-electron chi connectivity index (χ2n) is 7.60. The number of rotatable bonds is 4. The second-order valence-corrected chi connectivity index (χ2v) is 8.46.